The summed E-state index contributed by atoms with van der Waals surface area (Å²) >= 11 is 0. The Morgan fingerprint density at radius 3 is 1.85 bits per heavy atom. The molecule has 0 N–H and O–H groups in total. The first-order valence-corrected chi connectivity index (χ1v) is 6.08. The summed E-state index contributed by atoms with van der Waals surface area (Å²) < 4.78 is 4.70. The second kappa shape index (κ2) is 6.47. The van der Waals surface area contributed by atoms with Crippen LogP contribution in [-0.4, -0.2) is 20.6 Å². The topological polar surface area (TPSA) is 54.3 Å². The van der Waals surface area contributed by atoms with Gasteiger partial charge in [-0.3, -0.25) is 4.79 Å². The van der Waals surface area contributed by atoms with Crippen LogP contribution in [0.5, 0.6) is 5.75 Å². The minimum absolute atomic E-state index is 0.392. The van der Waals surface area contributed by atoms with Gasteiger partial charge in [0.05, 0.1) is 11.4 Å². The number of carbonyl (C=O) groups is 1. The molecule has 0 bridgehead atoms. The lowest BCUT2D eigenvalue weighted by molar-refractivity contribution is -0.120. The van der Waals surface area contributed by atoms with Crippen molar-refractivity contribution in [2.45, 2.75) is 0 Å². The fourth-order valence-electron chi connectivity index (χ4n) is 1.58. The maximum Gasteiger partial charge on any atom is 0.298 e. The van der Waals surface area contributed by atoms with Crippen LogP contribution in [0, 0.1) is 0 Å². The average Bonchev–Trinajstić information content (AvgIpc) is 2.47. The lowest BCUT2D eigenvalue weighted by Crippen LogP contribution is -2.07. The van der Waals surface area contributed by atoms with Crippen LogP contribution in [0.3, 0.4) is 0 Å². The van der Waals surface area contributed by atoms with Crippen molar-refractivity contribution in [1.82, 2.24) is 0 Å². The molecule has 2 rings (SSSR count). The molecule has 0 atom stereocenters. The Labute approximate surface area is 117 Å². The van der Waals surface area contributed by atoms with Gasteiger partial charge in [0.2, 0.25) is 0 Å². The predicted molar refractivity (Wildman–Crippen MR) is 78.1 cm³/mol. The third kappa shape index (κ3) is 3.65. The Balaban J connectivity index is 2.06. The maximum absolute atomic E-state index is 10.2. The molecule has 5 heteroatoms. The first kappa shape index (κ1) is 13.7. The molecule has 0 radical (unpaired) electrons. The molecule has 0 spiro atoms. The van der Waals surface area contributed by atoms with E-state index in [-0.39, 0.29) is 0 Å². The summed E-state index contributed by atoms with van der Waals surface area (Å²) in [5.41, 5.74) is 2.59. The summed E-state index contributed by atoms with van der Waals surface area (Å²) in [5, 5.41) is 8.27. The van der Waals surface area contributed by atoms with Crippen molar-refractivity contribution >= 4 is 23.5 Å². The van der Waals surface area contributed by atoms with E-state index in [0.717, 1.165) is 11.4 Å². The van der Waals surface area contributed by atoms with Gasteiger partial charge in [-0.25, -0.2) is 0 Å². The van der Waals surface area contributed by atoms with Gasteiger partial charge in [0.1, 0.15) is 5.75 Å². The van der Waals surface area contributed by atoms with Crippen molar-refractivity contribution in [3.05, 3.63) is 48.5 Å². The number of nitrogens with zero attached hydrogens (tertiary/aromatic N) is 3. The van der Waals surface area contributed by atoms with Crippen LogP contribution < -0.4 is 9.64 Å². The summed E-state index contributed by atoms with van der Waals surface area (Å²) in [6.07, 6.45) is 0. The van der Waals surface area contributed by atoms with E-state index in [1.165, 1.54) is 0 Å². The molecule has 102 valence electrons. The molecule has 0 aliphatic carbocycles. The summed E-state index contributed by atoms with van der Waals surface area (Å²) in [7, 11) is 3.97. The highest BCUT2D eigenvalue weighted by Gasteiger charge is 1.96. The number of azo groups is 1. The van der Waals surface area contributed by atoms with Gasteiger partial charge in [0.15, 0.2) is 0 Å². The molecule has 0 aliphatic rings. The molecular formula is C15H15N3O2. The molecule has 0 saturated heterocycles. The number of hydrogen-bond acceptors (Lipinski definition) is 5. The lowest BCUT2D eigenvalue weighted by atomic mass is 10.3. The second-order valence-corrected chi connectivity index (χ2v) is 4.32. The molecule has 0 amide bonds. The smallest absolute Gasteiger partial charge is 0.298 e. The molecular weight excluding hydrogens is 254 g/mol. The number of rotatable bonds is 5. The maximum atomic E-state index is 10.2. The van der Waals surface area contributed by atoms with E-state index in [2.05, 4.69) is 10.2 Å². The fourth-order valence-corrected chi connectivity index (χ4v) is 1.58. The fraction of sp³-hybridized carbons (Fsp3) is 0.133. The van der Waals surface area contributed by atoms with Crippen LogP contribution in [0.25, 0.3) is 0 Å². The Bertz CT molecular complexity index is 590. The summed E-state index contributed by atoms with van der Waals surface area (Å²) in [6.45, 7) is 0.392. The SMILES string of the molecule is CN(C)c1ccc(/N=N/c2ccc(OC=O)cc2)cc1. The third-order valence-electron chi connectivity index (χ3n) is 2.67. The number of carbonyl (C=O) groups excluding carboxylic acids is 1. The van der Waals surface area contributed by atoms with Gasteiger partial charge in [0, 0.05) is 19.8 Å². The van der Waals surface area contributed by atoms with Crippen LogP contribution in [0.1, 0.15) is 0 Å². The zero-order chi connectivity index (χ0) is 14.4. The van der Waals surface area contributed by atoms with E-state index in [0.29, 0.717) is 17.9 Å². The Hall–Kier alpha value is -2.69. The molecule has 0 unspecified atom stereocenters. The van der Waals surface area contributed by atoms with E-state index in [9.17, 15) is 4.79 Å². The van der Waals surface area contributed by atoms with Crippen molar-refractivity contribution in [2.75, 3.05) is 19.0 Å². The molecule has 2 aromatic carbocycles. The van der Waals surface area contributed by atoms with Gasteiger partial charge in [-0.2, -0.15) is 10.2 Å². The summed E-state index contributed by atoms with van der Waals surface area (Å²) in [6, 6.07) is 14.6. The monoisotopic (exact) mass is 269 g/mol. The standard InChI is InChI=1S/C15H15N3O2/c1-18(2)14-7-3-12(4-8-14)16-17-13-5-9-15(10-6-13)20-11-19/h3-11H,1-2H3/b17-16+. The van der Waals surface area contributed by atoms with Gasteiger partial charge in [-0.15, -0.1) is 0 Å². The second-order valence-electron chi connectivity index (χ2n) is 4.32. The minimum atomic E-state index is 0.392. The van der Waals surface area contributed by atoms with Crippen molar-refractivity contribution < 1.29 is 9.53 Å². The van der Waals surface area contributed by atoms with Crippen LogP contribution in [-0.2, 0) is 4.79 Å². The average molecular weight is 269 g/mol. The first-order chi connectivity index (χ1) is 9.69. The number of benzene rings is 2. The van der Waals surface area contributed by atoms with E-state index < -0.39 is 0 Å². The van der Waals surface area contributed by atoms with Gasteiger partial charge >= 0.3 is 0 Å². The molecule has 0 heterocycles. The third-order valence-corrected chi connectivity index (χ3v) is 2.67. The zero-order valence-electron chi connectivity index (χ0n) is 11.4. The van der Waals surface area contributed by atoms with E-state index >= 15 is 0 Å². The largest absolute Gasteiger partial charge is 0.429 e. The highest BCUT2D eigenvalue weighted by molar-refractivity contribution is 5.52. The van der Waals surface area contributed by atoms with E-state index in [1.807, 2.05) is 43.3 Å². The predicted octanol–water partition coefficient (Wildman–Crippen LogP) is 3.70. The van der Waals surface area contributed by atoms with E-state index in [4.69, 9.17) is 4.74 Å². The summed E-state index contributed by atoms with van der Waals surface area (Å²) in [5.74, 6) is 0.481. The van der Waals surface area contributed by atoms with Crippen molar-refractivity contribution in [2.24, 2.45) is 10.2 Å². The van der Waals surface area contributed by atoms with Crippen molar-refractivity contribution in [1.29, 1.82) is 0 Å². The van der Waals surface area contributed by atoms with Crippen LogP contribution in [0.4, 0.5) is 17.1 Å². The van der Waals surface area contributed by atoms with Crippen molar-refractivity contribution in [3.63, 3.8) is 0 Å². The van der Waals surface area contributed by atoms with Crippen LogP contribution >= 0.6 is 0 Å². The highest BCUT2D eigenvalue weighted by Crippen LogP contribution is 2.22. The zero-order valence-corrected chi connectivity index (χ0v) is 11.4. The Kier molecular flexibility index (Phi) is 4.44. The van der Waals surface area contributed by atoms with Crippen LogP contribution in [0.15, 0.2) is 58.8 Å². The highest BCUT2D eigenvalue weighted by atomic mass is 16.5. The van der Waals surface area contributed by atoms with Gasteiger partial charge in [0.25, 0.3) is 6.47 Å². The van der Waals surface area contributed by atoms with Gasteiger partial charge in [-0.1, -0.05) is 0 Å². The van der Waals surface area contributed by atoms with E-state index in [1.54, 1.807) is 24.3 Å². The molecule has 0 aliphatic heterocycles. The molecule has 20 heavy (non-hydrogen) atoms. The normalized spacial score (nSPS) is 10.5. The van der Waals surface area contributed by atoms with Crippen LogP contribution in [0.2, 0.25) is 0 Å². The van der Waals surface area contributed by atoms with Crippen molar-refractivity contribution in [3.8, 4) is 5.75 Å². The lowest BCUT2D eigenvalue weighted by Gasteiger charge is -2.11. The number of anilines is 1. The Morgan fingerprint density at radius 1 is 0.900 bits per heavy atom. The molecule has 0 fully saturated rings. The quantitative estimate of drug-likeness (QED) is 0.614. The molecule has 2 aromatic rings. The molecule has 5 nitrogen and oxygen atoms in total. The molecule has 0 aromatic heterocycles. The number of hydrogen-bond donors (Lipinski definition) is 0. The number of ether oxygens (including phenoxy) is 1. The summed E-state index contributed by atoms with van der Waals surface area (Å²) in [4.78, 5) is 12.2. The van der Waals surface area contributed by atoms with Gasteiger partial charge in [-0.05, 0) is 48.5 Å². The molecule has 0 saturated carbocycles. The Morgan fingerprint density at radius 2 is 1.40 bits per heavy atom. The van der Waals surface area contributed by atoms with Gasteiger partial charge < -0.3 is 9.64 Å². The minimum Gasteiger partial charge on any atom is -0.429 e. The first-order valence-electron chi connectivity index (χ1n) is 6.08.